The van der Waals surface area contributed by atoms with E-state index in [0.717, 1.165) is 43.4 Å². The maximum Gasteiger partial charge on any atom is 0.231 e. The fourth-order valence-electron chi connectivity index (χ4n) is 3.60. The predicted molar refractivity (Wildman–Crippen MR) is 110 cm³/mol. The van der Waals surface area contributed by atoms with Gasteiger partial charge in [0.15, 0.2) is 11.5 Å². The van der Waals surface area contributed by atoms with E-state index < -0.39 is 0 Å². The number of fused-ring (bicyclic) bond motifs is 1. The van der Waals surface area contributed by atoms with Gasteiger partial charge in [0.05, 0.1) is 11.9 Å². The summed E-state index contributed by atoms with van der Waals surface area (Å²) in [5.41, 5.74) is 3.63. The van der Waals surface area contributed by atoms with Crippen molar-refractivity contribution in [1.29, 1.82) is 0 Å². The third-order valence-electron chi connectivity index (χ3n) is 5.03. The summed E-state index contributed by atoms with van der Waals surface area (Å²) >= 11 is 0. The van der Waals surface area contributed by atoms with Crippen molar-refractivity contribution in [3.8, 4) is 22.9 Å². The summed E-state index contributed by atoms with van der Waals surface area (Å²) in [6.45, 7) is 5.22. The van der Waals surface area contributed by atoms with E-state index in [2.05, 4.69) is 59.8 Å². The van der Waals surface area contributed by atoms with Gasteiger partial charge in [0, 0.05) is 25.2 Å². The molecule has 1 aliphatic rings. The first-order valence-corrected chi connectivity index (χ1v) is 9.91. The van der Waals surface area contributed by atoms with Crippen LogP contribution in [0.25, 0.3) is 11.4 Å². The van der Waals surface area contributed by atoms with Gasteiger partial charge < -0.3 is 14.0 Å². The summed E-state index contributed by atoms with van der Waals surface area (Å²) in [6, 6.07) is 16.6. The molecule has 0 spiro atoms. The summed E-state index contributed by atoms with van der Waals surface area (Å²) in [6.07, 6.45) is 4.34. The molecule has 0 amide bonds. The van der Waals surface area contributed by atoms with Crippen molar-refractivity contribution in [3.05, 3.63) is 66.0 Å². The highest BCUT2D eigenvalue weighted by atomic mass is 16.7. The Kier molecular flexibility index (Phi) is 5.63. The summed E-state index contributed by atoms with van der Waals surface area (Å²) in [4.78, 5) is 7.06. The Morgan fingerprint density at radius 2 is 1.86 bits per heavy atom. The Labute approximate surface area is 166 Å². The number of nitrogens with zero attached hydrogens (tertiary/aromatic N) is 3. The number of hydrogen-bond acceptors (Lipinski definition) is 4. The molecule has 0 atom stereocenters. The Morgan fingerprint density at radius 1 is 1.04 bits per heavy atom. The van der Waals surface area contributed by atoms with Crippen LogP contribution in [-0.4, -0.2) is 28.3 Å². The second-order valence-electron chi connectivity index (χ2n) is 7.30. The van der Waals surface area contributed by atoms with Crippen molar-refractivity contribution >= 4 is 0 Å². The lowest BCUT2D eigenvalue weighted by Gasteiger charge is -2.19. The van der Waals surface area contributed by atoms with E-state index in [0.29, 0.717) is 6.79 Å². The lowest BCUT2D eigenvalue weighted by atomic mass is 10.2. The van der Waals surface area contributed by atoms with Crippen LogP contribution in [0.2, 0.25) is 0 Å². The maximum atomic E-state index is 5.50. The molecule has 0 saturated heterocycles. The van der Waals surface area contributed by atoms with E-state index in [-0.39, 0.29) is 0 Å². The van der Waals surface area contributed by atoms with Crippen LogP contribution in [0.3, 0.4) is 0 Å². The van der Waals surface area contributed by atoms with Crippen LogP contribution in [0, 0.1) is 0 Å². The van der Waals surface area contributed by atoms with Gasteiger partial charge in [-0.05, 0) is 31.2 Å². The lowest BCUT2D eigenvalue weighted by Crippen LogP contribution is -2.20. The summed E-state index contributed by atoms with van der Waals surface area (Å²) in [5.74, 6) is 2.72. The van der Waals surface area contributed by atoms with Crippen molar-refractivity contribution in [1.82, 2.24) is 14.5 Å². The second kappa shape index (κ2) is 8.48. The largest absolute Gasteiger partial charge is 0.454 e. The van der Waals surface area contributed by atoms with Gasteiger partial charge in [-0.2, -0.15) is 0 Å². The molecular weight excluding hydrogens is 350 g/mol. The highest BCUT2D eigenvalue weighted by Crippen LogP contribution is 2.32. The Bertz CT molecular complexity index is 921. The van der Waals surface area contributed by atoms with E-state index in [1.54, 1.807) is 0 Å². The third-order valence-corrected chi connectivity index (χ3v) is 5.03. The molecule has 0 bridgehead atoms. The van der Waals surface area contributed by atoms with Crippen LogP contribution in [0.5, 0.6) is 11.5 Å². The molecule has 146 valence electrons. The van der Waals surface area contributed by atoms with Crippen molar-refractivity contribution in [3.63, 3.8) is 0 Å². The van der Waals surface area contributed by atoms with Crippen LogP contribution in [0.4, 0.5) is 0 Å². The first-order valence-electron chi connectivity index (χ1n) is 9.91. The quantitative estimate of drug-likeness (QED) is 0.570. The molecule has 1 aromatic heterocycles. The molecular formula is C23H27N3O2. The van der Waals surface area contributed by atoms with Crippen LogP contribution < -0.4 is 9.47 Å². The number of benzene rings is 2. The van der Waals surface area contributed by atoms with Crippen LogP contribution in [0.15, 0.2) is 54.7 Å². The van der Waals surface area contributed by atoms with Gasteiger partial charge in [-0.15, -0.1) is 0 Å². The van der Waals surface area contributed by atoms with E-state index in [9.17, 15) is 0 Å². The average molecular weight is 377 g/mol. The van der Waals surface area contributed by atoms with Gasteiger partial charge in [-0.1, -0.05) is 49.7 Å². The molecule has 0 fully saturated rings. The zero-order valence-corrected chi connectivity index (χ0v) is 16.6. The predicted octanol–water partition coefficient (Wildman–Crippen LogP) is 4.71. The molecule has 0 saturated carbocycles. The third kappa shape index (κ3) is 4.04. The van der Waals surface area contributed by atoms with Crippen LogP contribution in [0.1, 0.15) is 31.0 Å². The van der Waals surface area contributed by atoms with Gasteiger partial charge in [0.1, 0.15) is 5.82 Å². The molecule has 1 aliphatic heterocycles. The minimum Gasteiger partial charge on any atom is -0.454 e. The number of imidazole rings is 1. The molecule has 5 nitrogen and oxygen atoms in total. The molecule has 0 aliphatic carbocycles. The van der Waals surface area contributed by atoms with Crippen molar-refractivity contribution < 1.29 is 9.47 Å². The highest BCUT2D eigenvalue weighted by Gasteiger charge is 2.16. The molecule has 2 aromatic carbocycles. The van der Waals surface area contributed by atoms with Crippen molar-refractivity contribution in [2.24, 2.45) is 0 Å². The molecule has 2 heterocycles. The first kappa shape index (κ1) is 18.6. The van der Waals surface area contributed by atoms with Gasteiger partial charge in [0.25, 0.3) is 0 Å². The van der Waals surface area contributed by atoms with Gasteiger partial charge in [-0.3, -0.25) is 4.90 Å². The number of aromatic nitrogens is 2. The minimum absolute atomic E-state index is 0.313. The fraction of sp³-hybridized carbons (Fsp3) is 0.348. The number of rotatable bonds is 8. The molecule has 3 aromatic rings. The minimum atomic E-state index is 0.313. The molecule has 5 heteroatoms. The molecule has 0 radical (unpaired) electrons. The topological polar surface area (TPSA) is 39.5 Å². The second-order valence-corrected chi connectivity index (χ2v) is 7.30. The Hall–Kier alpha value is -2.79. The normalized spacial score (nSPS) is 12.7. The number of hydrogen-bond donors (Lipinski definition) is 0. The molecule has 0 unspecified atom stereocenters. The molecule has 0 N–H and O–H groups in total. The highest BCUT2D eigenvalue weighted by molar-refractivity contribution is 5.55. The lowest BCUT2D eigenvalue weighted by molar-refractivity contribution is 0.174. The van der Waals surface area contributed by atoms with Gasteiger partial charge in [-0.25, -0.2) is 4.98 Å². The monoisotopic (exact) mass is 377 g/mol. The summed E-state index contributed by atoms with van der Waals surface area (Å²) < 4.78 is 13.3. The van der Waals surface area contributed by atoms with E-state index in [4.69, 9.17) is 14.5 Å². The first-order chi connectivity index (χ1) is 13.7. The Morgan fingerprint density at radius 3 is 2.68 bits per heavy atom. The van der Waals surface area contributed by atoms with E-state index >= 15 is 0 Å². The number of ether oxygens (including phenoxy) is 2. The average Bonchev–Trinajstić information content (AvgIpc) is 3.33. The zero-order valence-electron chi connectivity index (χ0n) is 16.6. The zero-order chi connectivity index (χ0) is 19.3. The SMILES string of the molecule is CCCCn1c(CN(C)Cc2ccc3c(c2)OCO3)cnc1-c1ccccc1. The summed E-state index contributed by atoms with van der Waals surface area (Å²) in [5, 5.41) is 0. The van der Waals surface area contributed by atoms with Crippen molar-refractivity contribution in [2.45, 2.75) is 39.4 Å². The van der Waals surface area contributed by atoms with Gasteiger partial charge in [0.2, 0.25) is 6.79 Å². The van der Waals surface area contributed by atoms with Crippen LogP contribution in [-0.2, 0) is 19.6 Å². The standard InChI is InChI=1S/C23H27N3O2/c1-3-4-12-26-20(14-24-23(26)19-8-6-5-7-9-19)16-25(2)15-18-10-11-21-22(13-18)28-17-27-21/h5-11,13-14H,3-4,12,15-17H2,1-2H3. The van der Waals surface area contributed by atoms with Crippen molar-refractivity contribution in [2.75, 3.05) is 13.8 Å². The number of unbranched alkanes of at least 4 members (excludes halogenated alkanes) is 1. The molecule has 28 heavy (non-hydrogen) atoms. The van der Waals surface area contributed by atoms with Gasteiger partial charge >= 0.3 is 0 Å². The Balaban J connectivity index is 1.51. The van der Waals surface area contributed by atoms with E-state index in [1.807, 2.05) is 18.3 Å². The smallest absolute Gasteiger partial charge is 0.231 e. The fourth-order valence-corrected chi connectivity index (χ4v) is 3.60. The molecule has 4 rings (SSSR count). The summed E-state index contributed by atoms with van der Waals surface area (Å²) in [7, 11) is 2.14. The maximum absolute atomic E-state index is 5.50. The van der Waals surface area contributed by atoms with Crippen LogP contribution >= 0.6 is 0 Å². The van der Waals surface area contributed by atoms with E-state index in [1.165, 1.54) is 23.2 Å².